The minimum Gasteiger partial charge on any atom is -0.356 e. The number of piperidine rings is 1. The third-order valence-corrected chi connectivity index (χ3v) is 4.05. The van der Waals surface area contributed by atoms with Gasteiger partial charge in [-0.25, -0.2) is 0 Å². The Morgan fingerprint density at radius 2 is 2.11 bits per heavy atom. The summed E-state index contributed by atoms with van der Waals surface area (Å²) in [5.74, 6) is 1.30. The number of nitrogens with one attached hydrogen (secondary N) is 1. The van der Waals surface area contributed by atoms with Crippen molar-refractivity contribution in [1.29, 1.82) is 0 Å². The summed E-state index contributed by atoms with van der Waals surface area (Å²) in [6.45, 7) is 11.0. The summed E-state index contributed by atoms with van der Waals surface area (Å²) in [6, 6.07) is 0. The zero-order valence-corrected chi connectivity index (χ0v) is 12.4. The summed E-state index contributed by atoms with van der Waals surface area (Å²) >= 11 is 0. The number of carbonyl (C=O) groups is 1. The molecule has 1 amide bonds. The number of amides is 1. The second kappa shape index (κ2) is 8.52. The fraction of sp³-hybridized carbons (Fsp3) is 0.933. The van der Waals surface area contributed by atoms with E-state index in [-0.39, 0.29) is 11.8 Å². The lowest BCUT2D eigenvalue weighted by Gasteiger charge is -2.30. The van der Waals surface area contributed by atoms with Crippen LogP contribution in [0.3, 0.4) is 0 Å². The van der Waals surface area contributed by atoms with Crippen molar-refractivity contribution in [1.82, 2.24) is 10.2 Å². The van der Waals surface area contributed by atoms with Crippen molar-refractivity contribution in [2.45, 2.75) is 52.9 Å². The Morgan fingerprint density at radius 3 is 2.72 bits per heavy atom. The quantitative estimate of drug-likeness (QED) is 0.708. The van der Waals surface area contributed by atoms with Gasteiger partial charge in [0.1, 0.15) is 0 Å². The van der Waals surface area contributed by atoms with Crippen LogP contribution in [0.5, 0.6) is 0 Å². The summed E-state index contributed by atoms with van der Waals surface area (Å²) in [4.78, 5) is 14.3. The molecule has 1 aliphatic rings. The summed E-state index contributed by atoms with van der Waals surface area (Å²) in [5, 5.41) is 3.07. The molecule has 1 saturated heterocycles. The highest BCUT2D eigenvalue weighted by molar-refractivity contribution is 5.78. The van der Waals surface area contributed by atoms with Gasteiger partial charge in [0.05, 0.1) is 0 Å². The highest BCUT2D eigenvalue weighted by atomic mass is 16.1. The smallest absolute Gasteiger partial charge is 0.223 e. The normalized spacial score (nSPS) is 21.2. The first-order valence-electron chi connectivity index (χ1n) is 7.67. The van der Waals surface area contributed by atoms with Gasteiger partial charge in [-0.15, -0.1) is 0 Å². The fourth-order valence-electron chi connectivity index (χ4n) is 2.81. The SMILES string of the molecule is CCC(CC)C(=O)NCCCN1CCCC(C)C1. The third-order valence-electron chi connectivity index (χ3n) is 4.05. The molecule has 0 aromatic rings. The van der Waals surface area contributed by atoms with Crippen molar-refractivity contribution in [3.05, 3.63) is 0 Å². The average molecular weight is 254 g/mol. The molecule has 1 aliphatic heterocycles. The summed E-state index contributed by atoms with van der Waals surface area (Å²) in [5.41, 5.74) is 0. The Hall–Kier alpha value is -0.570. The summed E-state index contributed by atoms with van der Waals surface area (Å²) in [6.07, 6.45) is 5.69. The molecule has 0 aliphatic carbocycles. The van der Waals surface area contributed by atoms with Gasteiger partial charge in [0.15, 0.2) is 0 Å². The molecule has 3 nitrogen and oxygen atoms in total. The van der Waals surface area contributed by atoms with Crippen LogP contribution in [-0.4, -0.2) is 37.0 Å². The van der Waals surface area contributed by atoms with E-state index in [1.54, 1.807) is 0 Å². The Labute approximate surface area is 112 Å². The minimum atomic E-state index is 0.208. The monoisotopic (exact) mass is 254 g/mol. The van der Waals surface area contributed by atoms with Crippen molar-refractivity contribution in [2.24, 2.45) is 11.8 Å². The summed E-state index contributed by atoms with van der Waals surface area (Å²) < 4.78 is 0. The standard InChI is InChI=1S/C15H30N2O/c1-4-14(5-2)15(18)16-9-7-11-17-10-6-8-13(3)12-17/h13-14H,4-12H2,1-3H3,(H,16,18). The highest BCUT2D eigenvalue weighted by Crippen LogP contribution is 2.15. The van der Waals surface area contributed by atoms with Crippen LogP contribution >= 0.6 is 0 Å². The van der Waals surface area contributed by atoms with E-state index >= 15 is 0 Å². The maximum absolute atomic E-state index is 11.8. The van der Waals surface area contributed by atoms with Gasteiger partial charge in [-0.05, 0) is 51.1 Å². The highest BCUT2D eigenvalue weighted by Gasteiger charge is 2.16. The maximum atomic E-state index is 11.8. The number of carbonyl (C=O) groups excluding carboxylic acids is 1. The van der Waals surface area contributed by atoms with Gasteiger partial charge in [-0.3, -0.25) is 4.79 Å². The Bertz CT molecular complexity index is 239. The van der Waals surface area contributed by atoms with E-state index in [1.165, 1.54) is 25.9 Å². The fourth-order valence-corrected chi connectivity index (χ4v) is 2.81. The molecule has 106 valence electrons. The van der Waals surface area contributed by atoms with E-state index < -0.39 is 0 Å². The van der Waals surface area contributed by atoms with Crippen molar-refractivity contribution >= 4 is 5.91 Å². The topological polar surface area (TPSA) is 32.3 Å². The van der Waals surface area contributed by atoms with Gasteiger partial charge in [-0.1, -0.05) is 20.8 Å². The Kier molecular flexibility index (Phi) is 7.33. The summed E-state index contributed by atoms with van der Waals surface area (Å²) in [7, 11) is 0. The van der Waals surface area contributed by atoms with Gasteiger partial charge >= 0.3 is 0 Å². The second-order valence-corrected chi connectivity index (χ2v) is 5.71. The van der Waals surface area contributed by atoms with Crippen LogP contribution in [0.2, 0.25) is 0 Å². The number of rotatable bonds is 7. The van der Waals surface area contributed by atoms with Crippen molar-refractivity contribution in [2.75, 3.05) is 26.2 Å². The predicted molar refractivity (Wildman–Crippen MR) is 76.5 cm³/mol. The lowest BCUT2D eigenvalue weighted by molar-refractivity contribution is -0.125. The van der Waals surface area contributed by atoms with Crippen LogP contribution in [0.4, 0.5) is 0 Å². The maximum Gasteiger partial charge on any atom is 0.223 e. The lowest BCUT2D eigenvalue weighted by atomic mass is 10.0. The van der Waals surface area contributed by atoms with E-state index in [1.807, 2.05) is 0 Å². The molecule has 1 rings (SSSR count). The predicted octanol–water partition coefficient (Wildman–Crippen LogP) is 2.66. The molecule has 0 radical (unpaired) electrons. The van der Waals surface area contributed by atoms with E-state index in [4.69, 9.17) is 0 Å². The van der Waals surface area contributed by atoms with Crippen molar-refractivity contribution < 1.29 is 4.79 Å². The molecular formula is C15H30N2O. The number of likely N-dealkylation sites (tertiary alicyclic amines) is 1. The first kappa shape index (κ1) is 15.5. The molecule has 1 atom stereocenters. The van der Waals surface area contributed by atoms with Crippen LogP contribution in [0.25, 0.3) is 0 Å². The van der Waals surface area contributed by atoms with E-state index in [0.717, 1.165) is 38.3 Å². The van der Waals surface area contributed by atoms with Crippen LogP contribution in [0.1, 0.15) is 52.9 Å². The second-order valence-electron chi connectivity index (χ2n) is 5.71. The van der Waals surface area contributed by atoms with E-state index in [2.05, 4.69) is 31.0 Å². The molecule has 0 aromatic carbocycles. The molecule has 1 unspecified atom stereocenters. The average Bonchev–Trinajstić information content (AvgIpc) is 2.36. The van der Waals surface area contributed by atoms with Crippen LogP contribution < -0.4 is 5.32 Å². The van der Waals surface area contributed by atoms with Gasteiger partial charge in [0.2, 0.25) is 5.91 Å². The number of hydrogen-bond donors (Lipinski definition) is 1. The van der Waals surface area contributed by atoms with Gasteiger partial charge in [0.25, 0.3) is 0 Å². The Morgan fingerprint density at radius 1 is 1.39 bits per heavy atom. The number of hydrogen-bond acceptors (Lipinski definition) is 2. The largest absolute Gasteiger partial charge is 0.356 e. The lowest BCUT2D eigenvalue weighted by Crippen LogP contribution is -2.37. The molecule has 18 heavy (non-hydrogen) atoms. The number of nitrogens with zero attached hydrogens (tertiary/aromatic N) is 1. The zero-order valence-electron chi connectivity index (χ0n) is 12.4. The van der Waals surface area contributed by atoms with Crippen LogP contribution in [0.15, 0.2) is 0 Å². The molecule has 1 N–H and O–H groups in total. The van der Waals surface area contributed by atoms with Gasteiger partial charge < -0.3 is 10.2 Å². The molecule has 0 aromatic heterocycles. The van der Waals surface area contributed by atoms with E-state index in [9.17, 15) is 4.79 Å². The van der Waals surface area contributed by atoms with Crippen LogP contribution in [0, 0.1) is 11.8 Å². The van der Waals surface area contributed by atoms with Gasteiger partial charge in [-0.2, -0.15) is 0 Å². The van der Waals surface area contributed by atoms with Crippen molar-refractivity contribution in [3.8, 4) is 0 Å². The third kappa shape index (κ3) is 5.38. The van der Waals surface area contributed by atoms with E-state index in [0.29, 0.717) is 0 Å². The molecule has 3 heteroatoms. The zero-order chi connectivity index (χ0) is 13.4. The Balaban J connectivity index is 2.09. The molecule has 1 heterocycles. The molecule has 1 fully saturated rings. The minimum absolute atomic E-state index is 0.208. The molecular weight excluding hydrogens is 224 g/mol. The van der Waals surface area contributed by atoms with Gasteiger partial charge in [0, 0.05) is 19.0 Å². The first-order chi connectivity index (χ1) is 8.67. The molecule has 0 saturated carbocycles. The van der Waals surface area contributed by atoms with Crippen LogP contribution in [-0.2, 0) is 4.79 Å². The molecule has 0 bridgehead atoms. The first-order valence-corrected chi connectivity index (χ1v) is 7.67. The van der Waals surface area contributed by atoms with Crippen molar-refractivity contribution in [3.63, 3.8) is 0 Å². The molecule has 0 spiro atoms.